The monoisotopic (exact) mass is 271 g/mol. The van der Waals surface area contributed by atoms with Crippen molar-refractivity contribution < 1.29 is 0 Å². The molecule has 0 atom stereocenters. The van der Waals surface area contributed by atoms with E-state index in [-0.39, 0.29) is 0 Å². The molecule has 20 heavy (non-hydrogen) atoms. The van der Waals surface area contributed by atoms with Crippen molar-refractivity contribution in [3.8, 4) is 0 Å². The minimum Gasteiger partial charge on any atom is -0.303 e. The topological polar surface area (TPSA) is 57.7 Å². The van der Waals surface area contributed by atoms with Gasteiger partial charge in [-0.2, -0.15) is 5.10 Å². The molecule has 0 radical (unpaired) electrons. The van der Waals surface area contributed by atoms with Crippen molar-refractivity contribution in [2.75, 3.05) is 19.6 Å². The molecular formula is C15H21N5. The Bertz CT molecular complexity index is 488. The summed E-state index contributed by atoms with van der Waals surface area (Å²) in [5.41, 5.74) is 1.34. The molecule has 0 saturated carbocycles. The number of hydrogen-bond donors (Lipinski definition) is 1. The standard InChI is InChI=1S/C15H21N5/c1-3-13(11-16-7-1)4-2-8-20-9-5-14(6-10-20)15-17-12-18-19-15/h1,3,7,11-12,14H,2,4-6,8-10H2,(H,17,18,19). The number of aromatic amines is 1. The van der Waals surface area contributed by atoms with Crippen LogP contribution in [0.3, 0.4) is 0 Å². The van der Waals surface area contributed by atoms with Gasteiger partial charge in [-0.25, -0.2) is 4.98 Å². The minimum atomic E-state index is 0.562. The van der Waals surface area contributed by atoms with Crippen LogP contribution in [0.15, 0.2) is 30.9 Å². The van der Waals surface area contributed by atoms with Crippen molar-refractivity contribution in [3.05, 3.63) is 42.2 Å². The van der Waals surface area contributed by atoms with Crippen LogP contribution in [0.4, 0.5) is 0 Å². The quantitative estimate of drug-likeness (QED) is 0.904. The van der Waals surface area contributed by atoms with Gasteiger partial charge in [-0.3, -0.25) is 10.1 Å². The lowest BCUT2D eigenvalue weighted by molar-refractivity contribution is 0.207. The van der Waals surface area contributed by atoms with Crippen LogP contribution in [0.25, 0.3) is 0 Å². The molecule has 3 rings (SSSR count). The van der Waals surface area contributed by atoms with Crippen molar-refractivity contribution in [2.24, 2.45) is 0 Å². The highest BCUT2D eigenvalue weighted by Gasteiger charge is 2.21. The van der Waals surface area contributed by atoms with Crippen LogP contribution in [0.5, 0.6) is 0 Å². The van der Waals surface area contributed by atoms with Gasteiger partial charge in [0, 0.05) is 18.3 Å². The van der Waals surface area contributed by atoms with E-state index in [1.54, 1.807) is 6.33 Å². The van der Waals surface area contributed by atoms with Crippen LogP contribution in [-0.2, 0) is 6.42 Å². The first kappa shape index (κ1) is 13.2. The summed E-state index contributed by atoms with van der Waals surface area (Å²) in [4.78, 5) is 11.0. The largest absolute Gasteiger partial charge is 0.303 e. The summed E-state index contributed by atoms with van der Waals surface area (Å²) in [5.74, 6) is 1.62. The second-order valence-corrected chi connectivity index (χ2v) is 5.45. The Morgan fingerprint density at radius 2 is 2.20 bits per heavy atom. The first-order valence-electron chi connectivity index (χ1n) is 7.38. The van der Waals surface area contributed by atoms with Gasteiger partial charge in [-0.15, -0.1) is 0 Å². The Balaban J connectivity index is 1.39. The fourth-order valence-corrected chi connectivity index (χ4v) is 2.89. The molecule has 5 nitrogen and oxygen atoms in total. The fraction of sp³-hybridized carbons (Fsp3) is 0.533. The third kappa shape index (κ3) is 3.42. The second-order valence-electron chi connectivity index (χ2n) is 5.45. The van der Waals surface area contributed by atoms with E-state index < -0.39 is 0 Å². The maximum atomic E-state index is 4.27. The van der Waals surface area contributed by atoms with E-state index in [1.807, 2.05) is 18.5 Å². The lowest BCUT2D eigenvalue weighted by atomic mass is 9.96. The molecule has 3 heterocycles. The van der Waals surface area contributed by atoms with Crippen molar-refractivity contribution in [3.63, 3.8) is 0 Å². The molecule has 1 N–H and O–H groups in total. The number of aryl methyl sites for hydroxylation is 1. The number of hydrogen-bond acceptors (Lipinski definition) is 4. The Morgan fingerprint density at radius 3 is 2.90 bits per heavy atom. The first-order chi connectivity index (χ1) is 9.92. The summed E-state index contributed by atoms with van der Waals surface area (Å²) in [6.45, 7) is 3.51. The zero-order chi connectivity index (χ0) is 13.6. The van der Waals surface area contributed by atoms with E-state index in [1.165, 1.54) is 44.5 Å². The number of H-pyrrole nitrogens is 1. The van der Waals surface area contributed by atoms with Crippen LogP contribution in [0.1, 0.15) is 36.6 Å². The van der Waals surface area contributed by atoms with Gasteiger partial charge in [-0.1, -0.05) is 6.07 Å². The normalized spacial score (nSPS) is 17.4. The second kappa shape index (κ2) is 6.61. The van der Waals surface area contributed by atoms with Crippen LogP contribution < -0.4 is 0 Å². The molecule has 1 saturated heterocycles. The van der Waals surface area contributed by atoms with Gasteiger partial charge in [0.05, 0.1) is 0 Å². The van der Waals surface area contributed by atoms with E-state index >= 15 is 0 Å². The number of rotatable bonds is 5. The van der Waals surface area contributed by atoms with Crippen molar-refractivity contribution in [1.82, 2.24) is 25.1 Å². The van der Waals surface area contributed by atoms with Gasteiger partial charge in [0.25, 0.3) is 0 Å². The van der Waals surface area contributed by atoms with Crippen LogP contribution in [0, 0.1) is 0 Å². The molecule has 0 bridgehead atoms. The molecule has 0 unspecified atom stereocenters. The van der Waals surface area contributed by atoms with E-state index in [4.69, 9.17) is 0 Å². The number of pyridine rings is 1. The van der Waals surface area contributed by atoms with Crippen molar-refractivity contribution >= 4 is 0 Å². The molecule has 0 spiro atoms. The molecule has 0 amide bonds. The lowest BCUT2D eigenvalue weighted by Crippen LogP contribution is -2.34. The number of aromatic nitrogens is 4. The van der Waals surface area contributed by atoms with Gasteiger partial charge < -0.3 is 4.90 Å². The average Bonchev–Trinajstić information content (AvgIpc) is 3.03. The molecule has 2 aromatic heterocycles. The fourth-order valence-electron chi connectivity index (χ4n) is 2.89. The average molecular weight is 271 g/mol. The highest BCUT2D eigenvalue weighted by Crippen LogP contribution is 2.24. The smallest absolute Gasteiger partial charge is 0.137 e. The van der Waals surface area contributed by atoms with Crippen LogP contribution in [0.2, 0.25) is 0 Å². The molecule has 0 aromatic carbocycles. The van der Waals surface area contributed by atoms with E-state index in [9.17, 15) is 0 Å². The summed E-state index contributed by atoms with van der Waals surface area (Å²) in [6.07, 6.45) is 10.1. The Hall–Kier alpha value is -1.75. The van der Waals surface area contributed by atoms with Crippen LogP contribution in [-0.4, -0.2) is 44.7 Å². The molecule has 1 aliphatic rings. The summed E-state index contributed by atoms with van der Waals surface area (Å²) in [5, 5.41) is 6.94. The predicted molar refractivity (Wildman–Crippen MR) is 77.4 cm³/mol. The van der Waals surface area contributed by atoms with Crippen molar-refractivity contribution in [2.45, 2.75) is 31.6 Å². The maximum absolute atomic E-state index is 4.27. The van der Waals surface area contributed by atoms with Crippen molar-refractivity contribution in [1.29, 1.82) is 0 Å². The van der Waals surface area contributed by atoms with E-state index in [2.05, 4.69) is 31.1 Å². The Labute approximate surface area is 119 Å². The lowest BCUT2D eigenvalue weighted by Gasteiger charge is -2.30. The molecular weight excluding hydrogens is 250 g/mol. The molecule has 1 fully saturated rings. The van der Waals surface area contributed by atoms with E-state index in [0.29, 0.717) is 5.92 Å². The minimum absolute atomic E-state index is 0.562. The van der Waals surface area contributed by atoms with Gasteiger partial charge >= 0.3 is 0 Å². The summed E-state index contributed by atoms with van der Waals surface area (Å²) < 4.78 is 0. The molecule has 2 aromatic rings. The van der Waals surface area contributed by atoms with Gasteiger partial charge in [0.15, 0.2) is 0 Å². The van der Waals surface area contributed by atoms with E-state index in [0.717, 1.165) is 12.2 Å². The van der Waals surface area contributed by atoms with Gasteiger partial charge in [0.1, 0.15) is 12.2 Å². The summed E-state index contributed by atoms with van der Waals surface area (Å²) in [7, 11) is 0. The van der Waals surface area contributed by atoms with Crippen LogP contribution >= 0.6 is 0 Å². The molecule has 5 heteroatoms. The number of nitrogens with zero attached hydrogens (tertiary/aromatic N) is 4. The third-order valence-corrected chi connectivity index (χ3v) is 4.07. The molecule has 0 aliphatic carbocycles. The highest BCUT2D eigenvalue weighted by atomic mass is 15.2. The predicted octanol–water partition coefficient (Wildman–Crippen LogP) is 2.01. The molecule has 106 valence electrons. The number of likely N-dealkylation sites (tertiary alicyclic amines) is 1. The number of piperidine rings is 1. The van der Waals surface area contributed by atoms with Gasteiger partial charge in [-0.05, 0) is 56.9 Å². The summed E-state index contributed by atoms with van der Waals surface area (Å²) in [6, 6.07) is 4.17. The Kier molecular flexibility index (Phi) is 4.38. The SMILES string of the molecule is c1cncc(CCCN2CCC(c3ncn[nH]3)CC2)c1. The molecule has 1 aliphatic heterocycles. The maximum Gasteiger partial charge on any atom is 0.137 e. The zero-order valence-electron chi connectivity index (χ0n) is 11.7. The van der Waals surface area contributed by atoms with Gasteiger partial charge in [0.2, 0.25) is 0 Å². The highest BCUT2D eigenvalue weighted by molar-refractivity contribution is 5.08. The third-order valence-electron chi connectivity index (χ3n) is 4.07. The summed E-state index contributed by atoms with van der Waals surface area (Å²) >= 11 is 0. The Morgan fingerprint density at radius 1 is 1.30 bits per heavy atom. The zero-order valence-corrected chi connectivity index (χ0v) is 11.7. The first-order valence-corrected chi connectivity index (χ1v) is 7.38. The number of nitrogens with one attached hydrogen (secondary N) is 1.